The highest BCUT2D eigenvalue weighted by Crippen LogP contribution is 2.32. The summed E-state index contributed by atoms with van der Waals surface area (Å²) in [5.41, 5.74) is 1.38. The van der Waals surface area contributed by atoms with Crippen molar-refractivity contribution in [2.75, 3.05) is 6.26 Å². The Morgan fingerprint density at radius 1 is 1.38 bits per heavy atom. The monoisotopic (exact) mass is 239 g/mol. The molecular formula is C13H21NOS. The minimum Gasteiger partial charge on any atom is -0.263 e. The normalized spacial score (nSPS) is 16.8. The number of hydrogen-bond acceptors (Lipinski definition) is 2. The molecule has 0 aromatic carbocycles. The summed E-state index contributed by atoms with van der Waals surface area (Å²) in [4.78, 5) is 5.04. The van der Waals surface area contributed by atoms with Crippen molar-refractivity contribution in [2.24, 2.45) is 0 Å². The maximum absolute atomic E-state index is 11.4. The molecule has 2 unspecified atom stereocenters. The Balaban J connectivity index is 3.10. The molecule has 0 aliphatic heterocycles. The molecule has 90 valence electrons. The number of pyridine rings is 1. The summed E-state index contributed by atoms with van der Waals surface area (Å²) in [6.45, 7) is 6.66. The third-order valence-corrected chi connectivity index (χ3v) is 4.21. The summed E-state index contributed by atoms with van der Waals surface area (Å²) in [6, 6.07) is 2.04. The summed E-state index contributed by atoms with van der Waals surface area (Å²) in [5.74, 6) is 0. The largest absolute Gasteiger partial charge is 0.263 e. The molecule has 1 rings (SSSR count). The lowest BCUT2D eigenvalue weighted by Crippen LogP contribution is -2.21. The van der Waals surface area contributed by atoms with Crippen LogP contribution in [0.15, 0.2) is 23.4 Å². The van der Waals surface area contributed by atoms with Gasteiger partial charge in [-0.25, -0.2) is 0 Å². The van der Waals surface area contributed by atoms with Crippen LogP contribution in [-0.4, -0.2) is 15.4 Å². The topological polar surface area (TPSA) is 30.0 Å². The van der Waals surface area contributed by atoms with Crippen molar-refractivity contribution in [1.29, 1.82) is 0 Å². The lowest BCUT2D eigenvalue weighted by Gasteiger charge is -2.28. The predicted octanol–water partition coefficient (Wildman–Crippen LogP) is 3.29. The summed E-state index contributed by atoms with van der Waals surface area (Å²) in [5, 5.41) is 0. The molecule has 1 heterocycles. The van der Waals surface area contributed by atoms with E-state index in [1.165, 1.54) is 5.56 Å². The molecule has 16 heavy (non-hydrogen) atoms. The highest BCUT2D eigenvalue weighted by Gasteiger charge is 2.24. The maximum atomic E-state index is 11.4. The number of nitrogens with zero attached hydrogens (tertiary/aromatic N) is 1. The first kappa shape index (κ1) is 13.4. The van der Waals surface area contributed by atoms with Gasteiger partial charge < -0.3 is 0 Å². The first-order valence-electron chi connectivity index (χ1n) is 5.82. The predicted molar refractivity (Wildman–Crippen MR) is 69.1 cm³/mol. The molecule has 0 aliphatic carbocycles. The van der Waals surface area contributed by atoms with Crippen molar-refractivity contribution < 1.29 is 4.21 Å². The minimum atomic E-state index is -0.942. The average molecular weight is 239 g/mol. The fraction of sp³-hybridized carbons (Fsp3) is 0.615. The van der Waals surface area contributed by atoms with Crippen LogP contribution in [0.2, 0.25) is 0 Å². The van der Waals surface area contributed by atoms with Gasteiger partial charge in [0.25, 0.3) is 0 Å². The summed E-state index contributed by atoms with van der Waals surface area (Å²) in [7, 11) is -0.942. The Kier molecular flexibility index (Phi) is 4.66. The van der Waals surface area contributed by atoms with Crippen LogP contribution in [0.4, 0.5) is 0 Å². The van der Waals surface area contributed by atoms with Crippen LogP contribution in [0.5, 0.6) is 0 Å². The van der Waals surface area contributed by atoms with E-state index in [2.05, 4.69) is 25.8 Å². The molecule has 0 fully saturated rings. The van der Waals surface area contributed by atoms with Crippen molar-refractivity contribution in [3.8, 4) is 0 Å². The van der Waals surface area contributed by atoms with E-state index in [9.17, 15) is 4.21 Å². The third-order valence-electron chi connectivity index (χ3n) is 3.32. The van der Waals surface area contributed by atoms with Crippen molar-refractivity contribution in [3.63, 3.8) is 0 Å². The summed E-state index contributed by atoms with van der Waals surface area (Å²) < 4.78 is 11.4. The smallest absolute Gasteiger partial charge is 0.0571 e. The van der Waals surface area contributed by atoms with Gasteiger partial charge in [-0.15, -0.1) is 0 Å². The molecular weight excluding hydrogens is 218 g/mol. The number of aromatic nitrogens is 1. The van der Waals surface area contributed by atoms with E-state index in [1.807, 2.05) is 12.3 Å². The van der Waals surface area contributed by atoms with Gasteiger partial charge in [-0.1, -0.05) is 27.2 Å². The average Bonchev–Trinajstić information content (AvgIpc) is 2.29. The SMILES string of the molecule is CCCC(C)(CC)c1cncc(S(C)=O)c1. The second kappa shape index (κ2) is 5.58. The van der Waals surface area contributed by atoms with Crippen LogP contribution in [0.25, 0.3) is 0 Å². The van der Waals surface area contributed by atoms with E-state index in [0.717, 1.165) is 24.2 Å². The van der Waals surface area contributed by atoms with Gasteiger partial charge in [0, 0.05) is 18.6 Å². The molecule has 2 atom stereocenters. The fourth-order valence-electron chi connectivity index (χ4n) is 1.98. The van der Waals surface area contributed by atoms with E-state index in [4.69, 9.17) is 0 Å². The maximum Gasteiger partial charge on any atom is 0.0571 e. The molecule has 3 heteroatoms. The molecule has 0 aliphatic rings. The fourth-order valence-corrected chi connectivity index (χ4v) is 2.49. The van der Waals surface area contributed by atoms with Gasteiger partial charge in [-0.05, 0) is 29.9 Å². The van der Waals surface area contributed by atoms with Crippen LogP contribution >= 0.6 is 0 Å². The van der Waals surface area contributed by atoms with E-state index < -0.39 is 10.8 Å². The Morgan fingerprint density at radius 3 is 2.56 bits per heavy atom. The highest BCUT2D eigenvalue weighted by atomic mass is 32.2. The Labute approximate surface area is 101 Å². The van der Waals surface area contributed by atoms with Gasteiger partial charge in [-0.3, -0.25) is 9.19 Å². The summed E-state index contributed by atoms with van der Waals surface area (Å²) in [6.07, 6.45) is 8.69. The van der Waals surface area contributed by atoms with Crippen LogP contribution in [0.1, 0.15) is 45.6 Å². The van der Waals surface area contributed by atoms with Crippen molar-refractivity contribution in [1.82, 2.24) is 4.98 Å². The standard InChI is InChI=1S/C13H21NOS/c1-5-7-13(3,6-2)11-8-12(16(4)15)10-14-9-11/h8-10H,5-7H2,1-4H3. The van der Waals surface area contributed by atoms with Crippen molar-refractivity contribution >= 4 is 10.8 Å². The molecule has 0 spiro atoms. The van der Waals surface area contributed by atoms with Crippen LogP contribution in [0, 0.1) is 0 Å². The van der Waals surface area contributed by atoms with E-state index in [1.54, 1.807) is 12.5 Å². The zero-order valence-electron chi connectivity index (χ0n) is 10.6. The molecule has 0 radical (unpaired) electrons. The molecule has 0 saturated heterocycles. The Hall–Kier alpha value is -0.700. The first-order chi connectivity index (χ1) is 7.53. The minimum absolute atomic E-state index is 0.164. The number of rotatable bonds is 5. The lowest BCUT2D eigenvalue weighted by atomic mass is 9.77. The highest BCUT2D eigenvalue weighted by molar-refractivity contribution is 7.84. The quantitative estimate of drug-likeness (QED) is 0.789. The van der Waals surface area contributed by atoms with E-state index in [-0.39, 0.29) is 5.41 Å². The van der Waals surface area contributed by atoms with Gasteiger partial charge in [0.2, 0.25) is 0 Å². The first-order valence-corrected chi connectivity index (χ1v) is 7.38. The number of hydrogen-bond donors (Lipinski definition) is 0. The zero-order valence-corrected chi connectivity index (χ0v) is 11.4. The Morgan fingerprint density at radius 2 is 2.06 bits per heavy atom. The Bertz CT molecular complexity index is 378. The zero-order chi connectivity index (χ0) is 12.2. The van der Waals surface area contributed by atoms with Gasteiger partial charge in [0.1, 0.15) is 0 Å². The second-order valence-corrected chi connectivity index (χ2v) is 5.91. The van der Waals surface area contributed by atoms with Gasteiger partial charge in [0.15, 0.2) is 0 Å². The molecule has 0 saturated carbocycles. The van der Waals surface area contributed by atoms with Crippen LogP contribution in [0.3, 0.4) is 0 Å². The van der Waals surface area contributed by atoms with Crippen LogP contribution < -0.4 is 0 Å². The van der Waals surface area contributed by atoms with Gasteiger partial charge in [-0.2, -0.15) is 0 Å². The lowest BCUT2D eigenvalue weighted by molar-refractivity contribution is 0.411. The van der Waals surface area contributed by atoms with Crippen molar-refractivity contribution in [2.45, 2.75) is 50.3 Å². The van der Waals surface area contributed by atoms with E-state index >= 15 is 0 Å². The van der Waals surface area contributed by atoms with Gasteiger partial charge in [0.05, 0.1) is 15.7 Å². The molecule has 1 aromatic rings. The molecule has 0 bridgehead atoms. The summed E-state index contributed by atoms with van der Waals surface area (Å²) >= 11 is 0. The second-order valence-electron chi connectivity index (χ2n) is 4.53. The van der Waals surface area contributed by atoms with Crippen LogP contribution in [-0.2, 0) is 16.2 Å². The molecule has 0 N–H and O–H groups in total. The molecule has 0 amide bonds. The molecule has 2 nitrogen and oxygen atoms in total. The van der Waals surface area contributed by atoms with E-state index in [0.29, 0.717) is 0 Å². The third kappa shape index (κ3) is 2.91. The molecule has 1 aromatic heterocycles. The van der Waals surface area contributed by atoms with Crippen molar-refractivity contribution in [3.05, 3.63) is 24.0 Å². The van der Waals surface area contributed by atoms with Gasteiger partial charge >= 0.3 is 0 Å².